The van der Waals surface area contributed by atoms with Crippen molar-refractivity contribution in [3.63, 3.8) is 0 Å². The third kappa shape index (κ3) is 7.64. The van der Waals surface area contributed by atoms with Crippen LogP contribution in [0.25, 0.3) is 0 Å². The Morgan fingerprint density at radius 3 is 2.32 bits per heavy atom. The number of rotatable bonds is 9. The molecule has 0 radical (unpaired) electrons. The van der Waals surface area contributed by atoms with Gasteiger partial charge in [0, 0.05) is 6.42 Å². The first-order valence-electron chi connectivity index (χ1n) is 6.06. The van der Waals surface area contributed by atoms with E-state index in [1.165, 1.54) is 18.9 Å². The highest BCUT2D eigenvalue weighted by molar-refractivity contribution is 8.00. The number of hydrogen-bond acceptors (Lipinski definition) is 3. The fraction of sp³-hybridized carbons (Fsp3) is 0.917. The van der Waals surface area contributed by atoms with Crippen LogP contribution in [0.3, 0.4) is 0 Å². The highest BCUT2D eigenvalue weighted by Crippen LogP contribution is 2.30. The molecule has 1 atom stereocenters. The molecule has 0 spiro atoms. The van der Waals surface area contributed by atoms with Crippen LogP contribution in [0.5, 0.6) is 0 Å². The lowest BCUT2D eigenvalue weighted by molar-refractivity contribution is -0.140. The van der Waals surface area contributed by atoms with Crippen LogP contribution in [-0.2, 0) is 9.53 Å². The van der Waals surface area contributed by atoms with E-state index in [1.807, 2.05) is 13.8 Å². The fourth-order valence-corrected chi connectivity index (χ4v) is 2.78. The molecule has 0 fully saturated rings. The average molecular weight is 304 g/mol. The molecule has 0 aliphatic heterocycles. The van der Waals surface area contributed by atoms with E-state index in [0.717, 1.165) is 0 Å². The summed E-state index contributed by atoms with van der Waals surface area (Å²) in [7, 11) is 1.27. The van der Waals surface area contributed by atoms with Crippen LogP contribution >= 0.6 is 11.8 Å². The fourth-order valence-electron chi connectivity index (χ4n) is 1.43. The smallest absolute Gasteiger partial charge is 0.318 e. The van der Waals surface area contributed by atoms with Crippen molar-refractivity contribution in [3.8, 4) is 0 Å². The highest BCUT2D eigenvalue weighted by Gasteiger charge is 2.39. The second-order valence-electron chi connectivity index (χ2n) is 4.68. The Kier molecular flexibility index (Phi) is 8.45. The number of esters is 1. The summed E-state index contributed by atoms with van der Waals surface area (Å²) in [6, 6.07) is 0. The largest absolute Gasteiger partial charge is 0.468 e. The normalized spacial score (nSPS) is 13.9. The van der Waals surface area contributed by atoms with Crippen molar-refractivity contribution in [1.29, 1.82) is 0 Å². The molecule has 0 amide bonds. The SMILES string of the molecule is COC(=O)C(CC(C)C)SCCCC(F)(F)C(F)F. The lowest BCUT2D eigenvalue weighted by Crippen LogP contribution is -2.26. The van der Waals surface area contributed by atoms with Gasteiger partial charge in [-0.15, -0.1) is 11.8 Å². The second kappa shape index (κ2) is 8.66. The maximum absolute atomic E-state index is 12.7. The van der Waals surface area contributed by atoms with Gasteiger partial charge < -0.3 is 4.74 Å². The molecule has 0 rings (SSSR count). The van der Waals surface area contributed by atoms with Gasteiger partial charge in [-0.05, 0) is 24.5 Å². The minimum Gasteiger partial charge on any atom is -0.468 e. The highest BCUT2D eigenvalue weighted by atomic mass is 32.2. The second-order valence-corrected chi connectivity index (χ2v) is 5.99. The van der Waals surface area contributed by atoms with E-state index < -0.39 is 30.0 Å². The van der Waals surface area contributed by atoms with Gasteiger partial charge in [-0.3, -0.25) is 4.79 Å². The van der Waals surface area contributed by atoms with Crippen LogP contribution in [0.1, 0.15) is 33.1 Å². The zero-order valence-electron chi connectivity index (χ0n) is 11.3. The maximum atomic E-state index is 12.7. The van der Waals surface area contributed by atoms with Gasteiger partial charge in [0.1, 0.15) is 5.25 Å². The Balaban J connectivity index is 4.10. The molecule has 7 heteroatoms. The first kappa shape index (κ1) is 18.5. The van der Waals surface area contributed by atoms with Gasteiger partial charge in [0.05, 0.1) is 7.11 Å². The van der Waals surface area contributed by atoms with E-state index in [9.17, 15) is 22.4 Å². The van der Waals surface area contributed by atoms with Gasteiger partial charge >= 0.3 is 18.3 Å². The number of methoxy groups -OCH3 is 1. The molecule has 114 valence electrons. The molecule has 0 N–H and O–H groups in total. The standard InChI is InChI=1S/C12H20F4O2S/c1-8(2)7-9(10(17)18-3)19-6-4-5-12(15,16)11(13)14/h8-9,11H,4-7H2,1-3H3. The number of alkyl halides is 4. The van der Waals surface area contributed by atoms with Crippen molar-refractivity contribution in [2.75, 3.05) is 12.9 Å². The van der Waals surface area contributed by atoms with Crippen LogP contribution in [0.2, 0.25) is 0 Å². The summed E-state index contributed by atoms with van der Waals surface area (Å²) >= 11 is 1.18. The first-order valence-corrected chi connectivity index (χ1v) is 7.11. The number of thioether (sulfide) groups is 1. The number of halogens is 4. The Hall–Kier alpha value is -0.460. The number of ether oxygens (including phenoxy) is 1. The summed E-state index contributed by atoms with van der Waals surface area (Å²) in [5.41, 5.74) is 0. The topological polar surface area (TPSA) is 26.3 Å². The molecule has 0 heterocycles. The molecular formula is C12H20F4O2S. The molecule has 0 aromatic carbocycles. The van der Waals surface area contributed by atoms with Crippen LogP contribution in [0.15, 0.2) is 0 Å². The van der Waals surface area contributed by atoms with Gasteiger partial charge in [0.15, 0.2) is 0 Å². The van der Waals surface area contributed by atoms with E-state index in [-0.39, 0.29) is 18.1 Å². The molecular weight excluding hydrogens is 284 g/mol. The van der Waals surface area contributed by atoms with E-state index in [0.29, 0.717) is 6.42 Å². The Morgan fingerprint density at radius 2 is 1.89 bits per heavy atom. The van der Waals surface area contributed by atoms with Crippen molar-refractivity contribution in [2.24, 2.45) is 5.92 Å². The summed E-state index contributed by atoms with van der Waals surface area (Å²) < 4.78 is 53.8. The molecule has 2 nitrogen and oxygen atoms in total. The van der Waals surface area contributed by atoms with Crippen LogP contribution in [0.4, 0.5) is 17.6 Å². The van der Waals surface area contributed by atoms with Gasteiger partial charge in [0.2, 0.25) is 0 Å². The van der Waals surface area contributed by atoms with Gasteiger partial charge in [-0.2, -0.15) is 0 Å². The average Bonchev–Trinajstić information content (AvgIpc) is 2.31. The minimum atomic E-state index is -3.95. The zero-order valence-corrected chi connectivity index (χ0v) is 12.1. The van der Waals surface area contributed by atoms with Crippen molar-refractivity contribution >= 4 is 17.7 Å². The van der Waals surface area contributed by atoms with E-state index in [4.69, 9.17) is 0 Å². The molecule has 1 unspecified atom stereocenters. The molecule has 0 aliphatic rings. The summed E-state index contributed by atoms with van der Waals surface area (Å²) in [6.45, 7) is 3.86. The summed E-state index contributed by atoms with van der Waals surface area (Å²) in [5, 5.41) is -0.426. The summed E-state index contributed by atoms with van der Waals surface area (Å²) in [4.78, 5) is 11.4. The number of carbonyl (C=O) groups is 1. The van der Waals surface area contributed by atoms with Crippen LogP contribution in [0, 0.1) is 5.92 Å². The molecule has 0 bridgehead atoms. The van der Waals surface area contributed by atoms with E-state index in [1.54, 1.807) is 0 Å². The Labute approximate surface area is 115 Å². The van der Waals surface area contributed by atoms with Gasteiger partial charge in [-0.1, -0.05) is 13.8 Å². The molecule has 19 heavy (non-hydrogen) atoms. The van der Waals surface area contributed by atoms with Crippen molar-refractivity contribution < 1.29 is 27.1 Å². The summed E-state index contributed by atoms with van der Waals surface area (Å²) in [5.74, 6) is -3.85. The first-order chi connectivity index (χ1) is 8.70. The van der Waals surface area contributed by atoms with Crippen molar-refractivity contribution in [3.05, 3.63) is 0 Å². The number of carbonyl (C=O) groups excluding carboxylic acids is 1. The molecule has 0 saturated carbocycles. The Morgan fingerprint density at radius 1 is 1.32 bits per heavy atom. The Bertz CT molecular complexity index is 272. The monoisotopic (exact) mass is 304 g/mol. The lowest BCUT2D eigenvalue weighted by Gasteiger charge is -2.18. The van der Waals surface area contributed by atoms with Crippen LogP contribution in [-0.4, -0.2) is 36.4 Å². The third-order valence-electron chi connectivity index (χ3n) is 2.44. The van der Waals surface area contributed by atoms with Crippen molar-refractivity contribution in [1.82, 2.24) is 0 Å². The third-order valence-corrected chi connectivity index (χ3v) is 3.75. The predicted octanol–water partition coefficient (Wildman–Crippen LogP) is 3.99. The molecule has 0 saturated heterocycles. The van der Waals surface area contributed by atoms with E-state index in [2.05, 4.69) is 4.74 Å². The molecule has 0 aliphatic carbocycles. The van der Waals surface area contributed by atoms with Crippen LogP contribution < -0.4 is 0 Å². The molecule has 0 aromatic heterocycles. The zero-order chi connectivity index (χ0) is 15.1. The maximum Gasteiger partial charge on any atom is 0.318 e. The molecule has 0 aromatic rings. The van der Waals surface area contributed by atoms with Gasteiger partial charge in [-0.25, -0.2) is 17.6 Å². The predicted molar refractivity (Wildman–Crippen MR) is 67.9 cm³/mol. The van der Waals surface area contributed by atoms with Gasteiger partial charge in [0.25, 0.3) is 0 Å². The quantitative estimate of drug-likeness (QED) is 0.366. The van der Waals surface area contributed by atoms with E-state index >= 15 is 0 Å². The summed E-state index contributed by atoms with van der Waals surface area (Å²) in [6.07, 6.45) is -3.99. The lowest BCUT2D eigenvalue weighted by atomic mass is 10.1. The number of hydrogen-bond donors (Lipinski definition) is 0. The minimum absolute atomic E-state index is 0.0619. The van der Waals surface area contributed by atoms with Crippen molar-refractivity contribution in [2.45, 2.75) is 50.7 Å².